The van der Waals surface area contributed by atoms with E-state index in [4.69, 9.17) is 10.5 Å². The number of piperidine rings is 1. The lowest BCUT2D eigenvalue weighted by molar-refractivity contribution is -0.123. The molecule has 5 heteroatoms. The van der Waals surface area contributed by atoms with Crippen molar-refractivity contribution in [1.82, 2.24) is 5.32 Å². The van der Waals surface area contributed by atoms with Gasteiger partial charge in [-0.1, -0.05) is 6.07 Å². The lowest BCUT2D eigenvalue weighted by Crippen LogP contribution is -2.44. The maximum Gasteiger partial charge on any atom is 0.242 e. The predicted octanol–water partition coefficient (Wildman–Crippen LogP) is 0.968. The molecule has 1 unspecified atom stereocenters. The van der Waals surface area contributed by atoms with Gasteiger partial charge in [-0.15, -0.1) is 0 Å². The van der Waals surface area contributed by atoms with Crippen molar-refractivity contribution in [2.75, 3.05) is 24.7 Å². The maximum absolute atomic E-state index is 11.6. The predicted molar refractivity (Wildman–Crippen MR) is 67.1 cm³/mol. The molecule has 0 spiro atoms. The Morgan fingerprint density at radius 1 is 1.53 bits per heavy atom. The molecular weight excluding hydrogens is 218 g/mol. The van der Waals surface area contributed by atoms with Crippen molar-refractivity contribution in [3.8, 4) is 5.75 Å². The number of carbonyl (C=O) groups excluding carboxylic acids is 1. The van der Waals surface area contributed by atoms with Gasteiger partial charge >= 0.3 is 0 Å². The highest BCUT2D eigenvalue weighted by atomic mass is 16.5. The SMILES string of the molecule is COc1cccc(NC2CCCNC2=O)c1N. The summed E-state index contributed by atoms with van der Waals surface area (Å²) < 4.78 is 5.14. The van der Waals surface area contributed by atoms with Crippen LogP contribution in [-0.2, 0) is 4.79 Å². The average molecular weight is 235 g/mol. The fourth-order valence-electron chi connectivity index (χ4n) is 1.95. The van der Waals surface area contributed by atoms with Crippen molar-refractivity contribution >= 4 is 17.3 Å². The number of para-hydroxylation sites is 1. The highest BCUT2D eigenvalue weighted by Gasteiger charge is 2.22. The van der Waals surface area contributed by atoms with Crippen molar-refractivity contribution in [1.29, 1.82) is 0 Å². The first kappa shape index (κ1) is 11.6. The number of anilines is 2. The first-order chi connectivity index (χ1) is 8.22. The second-order valence-corrected chi connectivity index (χ2v) is 4.05. The monoisotopic (exact) mass is 235 g/mol. The van der Waals surface area contributed by atoms with E-state index in [1.807, 2.05) is 12.1 Å². The molecular formula is C12H17N3O2. The fourth-order valence-corrected chi connectivity index (χ4v) is 1.95. The Morgan fingerprint density at radius 3 is 3.06 bits per heavy atom. The van der Waals surface area contributed by atoms with Crippen molar-refractivity contribution in [2.24, 2.45) is 0 Å². The van der Waals surface area contributed by atoms with E-state index in [9.17, 15) is 4.79 Å². The Morgan fingerprint density at radius 2 is 2.35 bits per heavy atom. The van der Waals surface area contributed by atoms with Crippen LogP contribution in [0.5, 0.6) is 5.75 Å². The number of benzene rings is 1. The van der Waals surface area contributed by atoms with Crippen LogP contribution in [0.3, 0.4) is 0 Å². The second kappa shape index (κ2) is 4.95. The van der Waals surface area contributed by atoms with Crippen molar-refractivity contribution < 1.29 is 9.53 Å². The molecule has 2 rings (SSSR count). The van der Waals surface area contributed by atoms with Gasteiger partial charge in [-0.25, -0.2) is 0 Å². The van der Waals surface area contributed by atoms with Gasteiger partial charge in [-0.05, 0) is 25.0 Å². The maximum atomic E-state index is 11.6. The molecule has 17 heavy (non-hydrogen) atoms. The number of rotatable bonds is 3. The van der Waals surface area contributed by atoms with Gasteiger partial charge in [0.2, 0.25) is 5.91 Å². The van der Waals surface area contributed by atoms with Gasteiger partial charge in [-0.2, -0.15) is 0 Å². The summed E-state index contributed by atoms with van der Waals surface area (Å²) in [5, 5.41) is 5.98. The molecule has 0 bridgehead atoms. The van der Waals surface area contributed by atoms with Crippen LogP contribution < -0.4 is 21.1 Å². The lowest BCUT2D eigenvalue weighted by Gasteiger charge is -2.24. The quantitative estimate of drug-likeness (QED) is 0.682. The molecule has 1 atom stereocenters. The third-order valence-corrected chi connectivity index (χ3v) is 2.90. The zero-order chi connectivity index (χ0) is 12.3. The molecule has 92 valence electrons. The number of hydrogen-bond acceptors (Lipinski definition) is 4. The summed E-state index contributed by atoms with van der Waals surface area (Å²) in [4.78, 5) is 11.6. The van der Waals surface area contributed by atoms with E-state index in [0.29, 0.717) is 11.4 Å². The molecule has 1 aliphatic heterocycles. The number of nitrogens with two attached hydrogens (primary N) is 1. The summed E-state index contributed by atoms with van der Waals surface area (Å²) >= 11 is 0. The van der Waals surface area contributed by atoms with Crippen LogP contribution >= 0.6 is 0 Å². The summed E-state index contributed by atoms with van der Waals surface area (Å²) in [6, 6.07) is 5.28. The van der Waals surface area contributed by atoms with E-state index < -0.39 is 0 Å². The summed E-state index contributed by atoms with van der Waals surface area (Å²) in [6.45, 7) is 0.755. The zero-order valence-electron chi connectivity index (χ0n) is 9.82. The topological polar surface area (TPSA) is 76.4 Å². The minimum Gasteiger partial charge on any atom is -0.495 e. The van der Waals surface area contributed by atoms with Gasteiger partial charge in [0.1, 0.15) is 11.8 Å². The number of carbonyl (C=O) groups is 1. The summed E-state index contributed by atoms with van der Waals surface area (Å²) in [7, 11) is 1.57. The van der Waals surface area contributed by atoms with Crippen LogP contribution in [0.4, 0.5) is 11.4 Å². The molecule has 0 aliphatic carbocycles. The molecule has 1 aromatic carbocycles. The van der Waals surface area contributed by atoms with Crippen LogP contribution in [0.15, 0.2) is 18.2 Å². The third-order valence-electron chi connectivity index (χ3n) is 2.90. The number of ether oxygens (including phenoxy) is 1. The van der Waals surface area contributed by atoms with Crippen molar-refractivity contribution in [2.45, 2.75) is 18.9 Å². The number of nitrogens with one attached hydrogen (secondary N) is 2. The zero-order valence-corrected chi connectivity index (χ0v) is 9.82. The van der Waals surface area contributed by atoms with E-state index in [0.717, 1.165) is 25.1 Å². The van der Waals surface area contributed by atoms with Gasteiger partial charge in [0.05, 0.1) is 18.5 Å². The molecule has 5 nitrogen and oxygen atoms in total. The molecule has 1 amide bonds. The Bertz CT molecular complexity index is 420. The highest BCUT2D eigenvalue weighted by Crippen LogP contribution is 2.29. The molecule has 1 aliphatic rings. The third kappa shape index (κ3) is 2.43. The van der Waals surface area contributed by atoms with Crippen LogP contribution in [0.2, 0.25) is 0 Å². The van der Waals surface area contributed by atoms with Gasteiger partial charge in [0.15, 0.2) is 0 Å². The second-order valence-electron chi connectivity index (χ2n) is 4.05. The van der Waals surface area contributed by atoms with Gasteiger partial charge < -0.3 is 21.1 Å². The number of hydrogen-bond donors (Lipinski definition) is 3. The number of amides is 1. The first-order valence-corrected chi connectivity index (χ1v) is 5.69. The van der Waals surface area contributed by atoms with Gasteiger partial charge in [0.25, 0.3) is 0 Å². The standard InChI is InChI=1S/C12H17N3O2/c1-17-10-6-2-4-8(11(10)13)15-9-5-3-7-14-12(9)16/h2,4,6,9,15H,3,5,7,13H2,1H3,(H,14,16). The smallest absolute Gasteiger partial charge is 0.242 e. The van der Waals surface area contributed by atoms with Crippen LogP contribution in [0.1, 0.15) is 12.8 Å². The van der Waals surface area contributed by atoms with Crippen molar-refractivity contribution in [3.05, 3.63) is 18.2 Å². The molecule has 0 aromatic heterocycles. The lowest BCUT2D eigenvalue weighted by atomic mass is 10.1. The minimum atomic E-state index is -0.210. The average Bonchev–Trinajstić information content (AvgIpc) is 2.34. The Labute approximate surface area is 100 Å². The molecule has 4 N–H and O–H groups in total. The van der Waals surface area contributed by atoms with Gasteiger partial charge in [0, 0.05) is 6.54 Å². The molecule has 1 saturated heterocycles. The van der Waals surface area contributed by atoms with Gasteiger partial charge in [-0.3, -0.25) is 4.79 Å². The Balaban J connectivity index is 2.15. The largest absolute Gasteiger partial charge is 0.495 e. The minimum absolute atomic E-state index is 0.0264. The van der Waals surface area contributed by atoms with Crippen LogP contribution in [0, 0.1) is 0 Å². The summed E-state index contributed by atoms with van der Waals surface area (Å²) in [5.41, 5.74) is 7.21. The molecule has 0 saturated carbocycles. The number of methoxy groups -OCH3 is 1. The van der Waals surface area contributed by atoms with Crippen LogP contribution in [-0.4, -0.2) is 25.6 Å². The van der Waals surface area contributed by atoms with E-state index in [-0.39, 0.29) is 11.9 Å². The summed E-state index contributed by atoms with van der Waals surface area (Å²) in [6.07, 6.45) is 1.80. The number of nitrogen functional groups attached to an aromatic ring is 1. The first-order valence-electron chi connectivity index (χ1n) is 5.69. The van der Waals surface area contributed by atoms with Crippen LogP contribution in [0.25, 0.3) is 0 Å². The Hall–Kier alpha value is -1.91. The molecule has 1 aromatic rings. The van der Waals surface area contributed by atoms with E-state index in [1.54, 1.807) is 13.2 Å². The van der Waals surface area contributed by atoms with E-state index >= 15 is 0 Å². The normalized spacial score (nSPS) is 19.6. The van der Waals surface area contributed by atoms with E-state index in [2.05, 4.69) is 10.6 Å². The van der Waals surface area contributed by atoms with E-state index in [1.165, 1.54) is 0 Å². The summed E-state index contributed by atoms with van der Waals surface area (Å²) in [5.74, 6) is 0.643. The fraction of sp³-hybridized carbons (Fsp3) is 0.417. The Kier molecular flexibility index (Phi) is 3.37. The molecule has 1 heterocycles. The van der Waals surface area contributed by atoms with Crippen molar-refractivity contribution in [3.63, 3.8) is 0 Å². The molecule has 1 fully saturated rings. The highest BCUT2D eigenvalue weighted by molar-refractivity contribution is 5.87. The molecule has 0 radical (unpaired) electrons.